The number of esters is 1. The molecule has 0 saturated carbocycles. The molecule has 3 amide bonds. The molecule has 9 nitrogen and oxygen atoms in total. The number of rotatable bonds is 5. The van der Waals surface area contributed by atoms with Crippen molar-refractivity contribution in [2.75, 3.05) is 13.7 Å². The molecule has 0 N–H and O–H groups in total. The van der Waals surface area contributed by atoms with Gasteiger partial charge in [-0.25, -0.2) is 9.80 Å². The second-order valence-corrected chi connectivity index (χ2v) is 8.39. The van der Waals surface area contributed by atoms with Crippen molar-refractivity contribution in [2.24, 2.45) is 5.10 Å². The molecular formula is C26H21N3O6. The van der Waals surface area contributed by atoms with Gasteiger partial charge < -0.3 is 9.15 Å². The number of amides is 3. The number of benzene rings is 2. The van der Waals surface area contributed by atoms with E-state index in [1.54, 1.807) is 12.1 Å². The van der Waals surface area contributed by atoms with Crippen molar-refractivity contribution in [1.29, 1.82) is 0 Å². The van der Waals surface area contributed by atoms with E-state index in [1.807, 2.05) is 31.2 Å². The zero-order chi connectivity index (χ0) is 24.7. The summed E-state index contributed by atoms with van der Waals surface area (Å²) >= 11 is 0. The zero-order valence-electron chi connectivity index (χ0n) is 19.1. The number of carbonyl (C=O) groups is 4. The van der Waals surface area contributed by atoms with E-state index in [2.05, 4.69) is 5.10 Å². The molecule has 3 heterocycles. The molecule has 1 aromatic heterocycles. The number of ether oxygens (including phenoxy) is 1. The van der Waals surface area contributed by atoms with Crippen LogP contribution in [0.15, 0.2) is 70.4 Å². The third-order valence-corrected chi connectivity index (χ3v) is 6.07. The van der Waals surface area contributed by atoms with Gasteiger partial charge in [0.25, 0.3) is 17.7 Å². The molecule has 5 rings (SSSR count). The van der Waals surface area contributed by atoms with Crippen LogP contribution in [0.2, 0.25) is 0 Å². The number of hydrogen-bond acceptors (Lipinski definition) is 7. The first-order valence-electron chi connectivity index (χ1n) is 11.0. The topological polar surface area (TPSA) is 109 Å². The predicted molar refractivity (Wildman–Crippen MR) is 124 cm³/mol. The number of imide groups is 1. The minimum absolute atomic E-state index is 0.0702. The Morgan fingerprint density at radius 2 is 1.80 bits per heavy atom. The molecule has 2 aromatic carbocycles. The highest BCUT2D eigenvalue weighted by atomic mass is 16.5. The molecule has 2 aliphatic heterocycles. The van der Waals surface area contributed by atoms with Gasteiger partial charge in [-0.1, -0.05) is 29.8 Å². The van der Waals surface area contributed by atoms with Gasteiger partial charge in [-0.05, 0) is 42.8 Å². The highest BCUT2D eigenvalue weighted by molar-refractivity contribution is 6.21. The number of furan rings is 1. The first kappa shape index (κ1) is 22.3. The molecule has 0 aliphatic carbocycles. The van der Waals surface area contributed by atoms with Gasteiger partial charge in [-0.15, -0.1) is 0 Å². The van der Waals surface area contributed by atoms with E-state index >= 15 is 0 Å². The van der Waals surface area contributed by atoms with Gasteiger partial charge in [0.2, 0.25) is 0 Å². The van der Waals surface area contributed by atoms with Gasteiger partial charge in [0.1, 0.15) is 11.8 Å². The Kier molecular flexibility index (Phi) is 5.52. The Balaban J connectivity index is 1.32. The van der Waals surface area contributed by atoms with Crippen LogP contribution in [0, 0.1) is 6.92 Å². The molecule has 0 spiro atoms. The molecule has 0 saturated heterocycles. The van der Waals surface area contributed by atoms with E-state index in [-0.39, 0.29) is 16.7 Å². The van der Waals surface area contributed by atoms with Crippen molar-refractivity contribution in [3.05, 3.63) is 94.4 Å². The minimum Gasteiger partial charge on any atom is -0.467 e. The van der Waals surface area contributed by atoms with Crippen LogP contribution in [0.5, 0.6) is 0 Å². The Morgan fingerprint density at radius 3 is 2.51 bits per heavy atom. The highest BCUT2D eigenvalue weighted by Crippen LogP contribution is 2.33. The number of carbonyl (C=O) groups excluding carboxylic acids is 4. The lowest BCUT2D eigenvalue weighted by Crippen LogP contribution is -2.31. The smallest absolute Gasteiger partial charge is 0.338 e. The minimum atomic E-state index is -0.785. The van der Waals surface area contributed by atoms with Crippen molar-refractivity contribution in [3.8, 4) is 0 Å². The lowest BCUT2D eigenvalue weighted by Gasteiger charge is -2.19. The lowest BCUT2D eigenvalue weighted by atomic mass is 10.0. The van der Waals surface area contributed by atoms with E-state index in [9.17, 15) is 19.2 Å². The molecule has 0 bridgehead atoms. The summed E-state index contributed by atoms with van der Waals surface area (Å²) in [5.74, 6) is -1.66. The Bertz CT molecular complexity index is 1370. The van der Waals surface area contributed by atoms with Crippen LogP contribution in [0.3, 0.4) is 0 Å². The van der Waals surface area contributed by atoms with E-state index in [0.717, 1.165) is 21.7 Å². The van der Waals surface area contributed by atoms with Crippen molar-refractivity contribution in [3.63, 3.8) is 0 Å². The third-order valence-electron chi connectivity index (χ3n) is 6.07. The summed E-state index contributed by atoms with van der Waals surface area (Å²) in [4.78, 5) is 50.9. The van der Waals surface area contributed by atoms with Gasteiger partial charge in [-0.2, -0.15) is 5.10 Å². The summed E-state index contributed by atoms with van der Waals surface area (Å²) in [5, 5.41) is 5.79. The van der Waals surface area contributed by atoms with Crippen molar-refractivity contribution in [1.82, 2.24) is 9.91 Å². The maximum absolute atomic E-state index is 13.0. The van der Waals surface area contributed by atoms with Crippen LogP contribution >= 0.6 is 0 Å². The summed E-state index contributed by atoms with van der Waals surface area (Å²) in [6, 6.07) is 15.0. The molecule has 2 aliphatic rings. The van der Waals surface area contributed by atoms with Crippen LogP contribution < -0.4 is 0 Å². The van der Waals surface area contributed by atoms with Gasteiger partial charge >= 0.3 is 5.97 Å². The second-order valence-electron chi connectivity index (χ2n) is 8.39. The fourth-order valence-electron chi connectivity index (χ4n) is 4.13. The standard InChI is InChI=1S/C26H21N3O6/c1-15-5-7-16(8-6-15)20-13-21(22-4-3-11-34-22)29(27-20)23(30)14-35-26(33)17-9-10-18-19(12-17)25(32)28(2)24(18)31/h3-12,21H,13-14H2,1-2H3. The van der Waals surface area contributed by atoms with E-state index in [0.29, 0.717) is 12.2 Å². The molecule has 35 heavy (non-hydrogen) atoms. The maximum atomic E-state index is 13.0. The number of hydrogen-bond donors (Lipinski definition) is 0. The van der Waals surface area contributed by atoms with Crippen molar-refractivity contribution in [2.45, 2.75) is 19.4 Å². The largest absolute Gasteiger partial charge is 0.467 e. The molecule has 1 atom stereocenters. The molecule has 0 radical (unpaired) electrons. The Hall–Kier alpha value is -4.53. The average molecular weight is 471 g/mol. The molecule has 176 valence electrons. The molecular weight excluding hydrogens is 450 g/mol. The SMILES string of the molecule is Cc1ccc(C2=NN(C(=O)COC(=O)c3ccc4c(c3)C(=O)N(C)C4=O)C(c3ccco3)C2)cc1. The normalized spacial score (nSPS) is 17.0. The summed E-state index contributed by atoms with van der Waals surface area (Å²) in [7, 11) is 1.37. The highest BCUT2D eigenvalue weighted by Gasteiger charge is 2.36. The lowest BCUT2D eigenvalue weighted by molar-refractivity contribution is -0.136. The average Bonchev–Trinajstić information content (AvgIpc) is 3.59. The number of hydrazone groups is 1. The van der Waals surface area contributed by atoms with E-state index < -0.39 is 36.3 Å². The summed E-state index contributed by atoms with van der Waals surface area (Å²) in [5.41, 5.74) is 3.14. The summed E-state index contributed by atoms with van der Waals surface area (Å²) in [6.07, 6.45) is 1.98. The zero-order valence-corrected chi connectivity index (χ0v) is 19.1. The number of nitrogens with zero attached hydrogens (tertiary/aromatic N) is 3. The molecule has 0 fully saturated rings. The Labute approximate surface area is 200 Å². The predicted octanol–water partition coefficient (Wildman–Crippen LogP) is 3.35. The van der Waals surface area contributed by atoms with Crippen molar-refractivity contribution < 1.29 is 28.3 Å². The van der Waals surface area contributed by atoms with E-state index in [1.165, 1.54) is 36.5 Å². The van der Waals surface area contributed by atoms with Gasteiger partial charge in [0.05, 0.1) is 28.7 Å². The Morgan fingerprint density at radius 1 is 1.06 bits per heavy atom. The quantitative estimate of drug-likeness (QED) is 0.417. The van der Waals surface area contributed by atoms with Crippen molar-refractivity contribution >= 4 is 29.4 Å². The summed E-state index contributed by atoms with van der Waals surface area (Å²) in [6.45, 7) is 1.44. The maximum Gasteiger partial charge on any atom is 0.338 e. The third kappa shape index (κ3) is 4.01. The van der Waals surface area contributed by atoms with Gasteiger partial charge in [0, 0.05) is 13.5 Å². The van der Waals surface area contributed by atoms with E-state index in [4.69, 9.17) is 9.15 Å². The fraction of sp³-hybridized carbons (Fsp3) is 0.192. The van der Waals surface area contributed by atoms with Crippen LogP contribution in [0.4, 0.5) is 0 Å². The first-order valence-corrected chi connectivity index (χ1v) is 11.0. The molecule has 1 unspecified atom stereocenters. The molecule has 3 aromatic rings. The summed E-state index contributed by atoms with van der Waals surface area (Å²) < 4.78 is 10.8. The van der Waals surface area contributed by atoms with Gasteiger partial charge in [-0.3, -0.25) is 19.3 Å². The van der Waals surface area contributed by atoms with Crippen LogP contribution in [-0.4, -0.2) is 53.0 Å². The van der Waals surface area contributed by atoms with Crippen LogP contribution in [-0.2, 0) is 9.53 Å². The first-order chi connectivity index (χ1) is 16.8. The second kappa shape index (κ2) is 8.68. The van der Waals surface area contributed by atoms with Crippen LogP contribution in [0.1, 0.15) is 60.4 Å². The fourth-order valence-corrected chi connectivity index (χ4v) is 4.13. The number of fused-ring (bicyclic) bond motifs is 1. The van der Waals surface area contributed by atoms with Gasteiger partial charge in [0.15, 0.2) is 6.61 Å². The molecule has 9 heteroatoms. The van der Waals surface area contributed by atoms with Crippen LogP contribution in [0.25, 0.3) is 0 Å². The monoisotopic (exact) mass is 471 g/mol. The number of aryl methyl sites for hydroxylation is 1.